The monoisotopic (exact) mass is 481 g/mol. The minimum atomic E-state index is -3.77. The first-order valence-corrected chi connectivity index (χ1v) is 14.6. The SMILES string of the molecule is CS(=O)ON(c1ccc(N2N(C3C4CC5CC(C4)CC3C5)C(=O)C2(C)C)cc1)S(C)(=O)=O. The van der Waals surface area contributed by atoms with E-state index in [1.807, 2.05) is 18.9 Å². The van der Waals surface area contributed by atoms with Crippen LogP contribution in [0.5, 0.6) is 0 Å². The molecule has 1 aliphatic heterocycles. The molecule has 4 aliphatic carbocycles. The van der Waals surface area contributed by atoms with Crippen molar-refractivity contribution in [3.63, 3.8) is 0 Å². The lowest BCUT2D eigenvalue weighted by atomic mass is 9.53. The van der Waals surface area contributed by atoms with Crippen LogP contribution in [0, 0.1) is 23.7 Å². The number of rotatable bonds is 6. The second kappa shape index (κ2) is 7.43. The zero-order valence-electron chi connectivity index (χ0n) is 18.9. The van der Waals surface area contributed by atoms with Crippen molar-refractivity contribution >= 4 is 38.4 Å². The molecule has 0 radical (unpaired) electrons. The number of hydrazine groups is 1. The summed E-state index contributed by atoms with van der Waals surface area (Å²) in [6.07, 6.45) is 8.54. The maximum absolute atomic E-state index is 13.3. The minimum Gasteiger partial charge on any atom is -0.270 e. The van der Waals surface area contributed by atoms with Crippen LogP contribution in [-0.4, -0.2) is 47.6 Å². The molecule has 1 heterocycles. The van der Waals surface area contributed by atoms with Gasteiger partial charge in [0.25, 0.3) is 15.9 Å². The lowest BCUT2D eigenvalue weighted by Crippen LogP contribution is -2.80. The summed E-state index contributed by atoms with van der Waals surface area (Å²) >= 11 is -1.79. The molecule has 1 aromatic carbocycles. The number of benzene rings is 1. The summed E-state index contributed by atoms with van der Waals surface area (Å²) in [6, 6.07) is 7.09. The minimum absolute atomic E-state index is 0.154. The van der Waals surface area contributed by atoms with Crippen LogP contribution in [0.15, 0.2) is 24.3 Å². The van der Waals surface area contributed by atoms with Crippen molar-refractivity contribution in [2.24, 2.45) is 23.7 Å². The number of hydrogen-bond acceptors (Lipinski definition) is 6. The molecule has 1 unspecified atom stereocenters. The predicted molar refractivity (Wildman–Crippen MR) is 123 cm³/mol. The largest absolute Gasteiger partial charge is 0.270 e. The van der Waals surface area contributed by atoms with Gasteiger partial charge in [0.15, 0.2) is 11.1 Å². The molecule has 0 aromatic heterocycles. The van der Waals surface area contributed by atoms with Gasteiger partial charge >= 0.3 is 0 Å². The Hall–Kier alpha value is -1.65. The summed E-state index contributed by atoms with van der Waals surface area (Å²) < 4.78 is 41.4. The summed E-state index contributed by atoms with van der Waals surface area (Å²) in [5, 5.41) is 4.07. The van der Waals surface area contributed by atoms with Gasteiger partial charge in [0.1, 0.15) is 5.54 Å². The van der Waals surface area contributed by atoms with Crippen molar-refractivity contribution in [3.8, 4) is 0 Å². The van der Waals surface area contributed by atoms with Gasteiger partial charge in [-0.2, -0.15) is 4.28 Å². The molecule has 32 heavy (non-hydrogen) atoms. The number of anilines is 2. The zero-order valence-corrected chi connectivity index (χ0v) is 20.6. The topological polar surface area (TPSA) is 87.2 Å². The first-order chi connectivity index (χ1) is 15.0. The summed E-state index contributed by atoms with van der Waals surface area (Å²) in [4.78, 5) is 13.3. The Morgan fingerprint density at radius 2 is 1.56 bits per heavy atom. The van der Waals surface area contributed by atoms with E-state index < -0.39 is 26.6 Å². The van der Waals surface area contributed by atoms with Crippen LogP contribution in [-0.2, 0) is 30.2 Å². The number of carbonyl (C=O) groups is 1. The van der Waals surface area contributed by atoms with Gasteiger partial charge in [-0.3, -0.25) is 9.80 Å². The van der Waals surface area contributed by atoms with E-state index in [2.05, 4.69) is 5.01 Å². The van der Waals surface area contributed by atoms with E-state index >= 15 is 0 Å². The second-order valence-corrected chi connectivity index (χ2v) is 13.2. The highest BCUT2D eigenvalue weighted by Crippen LogP contribution is 2.57. The molecule has 8 nitrogen and oxygen atoms in total. The average molecular weight is 482 g/mol. The summed E-state index contributed by atoms with van der Waals surface area (Å²) in [6.45, 7) is 3.87. The Kier molecular flexibility index (Phi) is 5.14. The molecule has 4 saturated carbocycles. The van der Waals surface area contributed by atoms with Crippen molar-refractivity contribution in [2.75, 3.05) is 22.0 Å². The highest BCUT2D eigenvalue weighted by molar-refractivity contribution is 7.92. The van der Waals surface area contributed by atoms with E-state index in [4.69, 9.17) is 4.28 Å². The number of carbonyl (C=O) groups excluding carboxylic acids is 1. The molecule has 4 bridgehead atoms. The van der Waals surface area contributed by atoms with Gasteiger partial charge in [0.2, 0.25) is 0 Å². The molecule has 5 fully saturated rings. The molecule has 0 spiro atoms. The van der Waals surface area contributed by atoms with E-state index in [1.165, 1.54) is 38.4 Å². The van der Waals surface area contributed by atoms with Gasteiger partial charge in [0.05, 0.1) is 23.7 Å². The molecule has 1 saturated heterocycles. The van der Waals surface area contributed by atoms with Gasteiger partial charge in [-0.1, -0.05) is 0 Å². The van der Waals surface area contributed by atoms with E-state index in [9.17, 15) is 17.4 Å². The highest BCUT2D eigenvalue weighted by atomic mass is 32.2. The van der Waals surface area contributed by atoms with Crippen LogP contribution < -0.4 is 9.48 Å². The molecule has 1 amide bonds. The van der Waals surface area contributed by atoms with Crippen LogP contribution >= 0.6 is 0 Å². The number of hydrogen-bond donors (Lipinski definition) is 0. The Labute approximate surface area is 192 Å². The Morgan fingerprint density at radius 1 is 1.03 bits per heavy atom. The second-order valence-electron chi connectivity index (χ2n) is 10.4. The summed E-state index contributed by atoms with van der Waals surface area (Å²) in [7, 11) is -3.77. The lowest BCUT2D eigenvalue weighted by Gasteiger charge is -2.65. The molecule has 0 N–H and O–H groups in total. The average Bonchev–Trinajstić information content (AvgIpc) is 2.69. The molecule has 6 rings (SSSR count). The molecule has 1 aromatic rings. The molecule has 5 aliphatic rings. The summed E-state index contributed by atoms with van der Waals surface area (Å²) in [5.41, 5.74) is 0.434. The maximum atomic E-state index is 13.3. The fraction of sp³-hybridized carbons (Fsp3) is 0.682. The van der Waals surface area contributed by atoms with Gasteiger partial charge in [-0.15, -0.1) is 4.47 Å². The lowest BCUT2D eigenvalue weighted by molar-refractivity contribution is -0.170. The van der Waals surface area contributed by atoms with E-state index in [-0.39, 0.29) is 17.6 Å². The van der Waals surface area contributed by atoms with Gasteiger partial charge in [-0.25, -0.2) is 17.6 Å². The molecule has 1 atom stereocenters. The predicted octanol–water partition coefficient (Wildman–Crippen LogP) is 2.84. The Morgan fingerprint density at radius 3 is 2.03 bits per heavy atom. The Bertz CT molecular complexity index is 1030. The fourth-order valence-corrected chi connectivity index (χ4v) is 8.28. The summed E-state index contributed by atoms with van der Waals surface area (Å²) in [5.74, 6) is 2.96. The van der Waals surface area contributed by atoms with Crippen molar-refractivity contribution in [1.29, 1.82) is 0 Å². The molecular weight excluding hydrogens is 450 g/mol. The van der Waals surface area contributed by atoms with Crippen LogP contribution in [0.1, 0.15) is 46.0 Å². The van der Waals surface area contributed by atoms with E-state index in [0.29, 0.717) is 16.3 Å². The number of nitrogens with zero attached hydrogens (tertiary/aromatic N) is 3. The van der Waals surface area contributed by atoms with Crippen molar-refractivity contribution in [3.05, 3.63) is 24.3 Å². The molecule has 10 heteroatoms. The maximum Gasteiger partial charge on any atom is 0.268 e. The van der Waals surface area contributed by atoms with Crippen molar-refractivity contribution in [1.82, 2.24) is 5.01 Å². The van der Waals surface area contributed by atoms with Crippen LogP contribution in [0.4, 0.5) is 11.4 Å². The van der Waals surface area contributed by atoms with Gasteiger partial charge in [-0.05, 0) is 93.9 Å². The third-order valence-electron chi connectivity index (χ3n) is 7.71. The van der Waals surface area contributed by atoms with Gasteiger partial charge < -0.3 is 0 Å². The van der Waals surface area contributed by atoms with Gasteiger partial charge in [0, 0.05) is 6.26 Å². The Balaban J connectivity index is 1.44. The van der Waals surface area contributed by atoms with E-state index in [0.717, 1.165) is 23.8 Å². The fourth-order valence-electron chi connectivity index (χ4n) is 6.80. The highest BCUT2D eigenvalue weighted by Gasteiger charge is 2.61. The first-order valence-electron chi connectivity index (χ1n) is 11.2. The smallest absolute Gasteiger partial charge is 0.268 e. The quantitative estimate of drug-likeness (QED) is 0.581. The van der Waals surface area contributed by atoms with Crippen LogP contribution in [0.3, 0.4) is 0 Å². The molecule has 176 valence electrons. The van der Waals surface area contributed by atoms with Crippen LogP contribution in [0.25, 0.3) is 0 Å². The van der Waals surface area contributed by atoms with Crippen LogP contribution in [0.2, 0.25) is 0 Å². The standard InChI is InChI=1S/C22H31N3O5S2/c1-22(2)21(26)23(20-16-10-14-9-15(12-16)13-17(20)11-14)24(22)18-5-7-19(8-6-18)25(30-31(3)27)32(4,28)29/h5-8,14-17,20H,9-13H2,1-4H3. The first kappa shape index (κ1) is 22.2. The number of sulfonamides is 1. The number of amides is 1. The molecular formula is C22H31N3O5S2. The zero-order chi connectivity index (χ0) is 23.0. The van der Waals surface area contributed by atoms with E-state index in [1.54, 1.807) is 24.3 Å². The van der Waals surface area contributed by atoms with Crippen molar-refractivity contribution in [2.45, 2.75) is 57.5 Å². The third kappa shape index (κ3) is 3.45. The van der Waals surface area contributed by atoms with Crippen molar-refractivity contribution < 1.29 is 21.7 Å². The normalized spacial score (nSPS) is 33.9. The third-order valence-corrected chi connectivity index (χ3v) is 9.06.